The maximum atomic E-state index is 12.4. The van der Waals surface area contributed by atoms with Gasteiger partial charge >= 0.3 is 0 Å². The molecule has 0 spiro atoms. The van der Waals surface area contributed by atoms with Gasteiger partial charge in [0.15, 0.2) is 6.10 Å². The normalized spacial score (nSPS) is 11.7. The van der Waals surface area contributed by atoms with E-state index in [9.17, 15) is 4.79 Å². The molecule has 2 aromatic carbocycles. The van der Waals surface area contributed by atoms with Crippen molar-refractivity contribution in [1.29, 1.82) is 0 Å². The van der Waals surface area contributed by atoms with Gasteiger partial charge < -0.3 is 14.8 Å². The molecule has 0 aromatic heterocycles. The summed E-state index contributed by atoms with van der Waals surface area (Å²) in [6.07, 6.45) is -0.654. The number of hydrogen-bond acceptors (Lipinski definition) is 3. The Kier molecular flexibility index (Phi) is 5.50. The molecular formula is C18H20ClNO3. The molecule has 0 bridgehead atoms. The maximum Gasteiger partial charge on any atom is 0.265 e. The molecule has 23 heavy (non-hydrogen) atoms. The van der Waals surface area contributed by atoms with E-state index in [1.165, 1.54) is 7.11 Å². The van der Waals surface area contributed by atoms with Crippen LogP contribution >= 0.6 is 11.6 Å². The summed E-state index contributed by atoms with van der Waals surface area (Å²) in [6.45, 7) is 5.63. The summed E-state index contributed by atoms with van der Waals surface area (Å²) >= 11 is 5.97. The highest BCUT2D eigenvalue weighted by atomic mass is 35.5. The van der Waals surface area contributed by atoms with Crippen molar-refractivity contribution in [3.63, 3.8) is 0 Å². The molecular weight excluding hydrogens is 314 g/mol. The van der Waals surface area contributed by atoms with Crippen molar-refractivity contribution in [2.45, 2.75) is 26.9 Å². The summed E-state index contributed by atoms with van der Waals surface area (Å²) in [5.41, 5.74) is 2.58. The van der Waals surface area contributed by atoms with Crippen molar-refractivity contribution >= 4 is 23.2 Å². The number of hydrogen-bond donors (Lipinski definition) is 1. The minimum Gasteiger partial charge on any atom is -0.495 e. The minimum atomic E-state index is -0.654. The van der Waals surface area contributed by atoms with Crippen LogP contribution in [0.3, 0.4) is 0 Å². The second kappa shape index (κ2) is 7.38. The molecule has 2 rings (SSSR count). The van der Waals surface area contributed by atoms with Crippen LogP contribution in [0.4, 0.5) is 5.69 Å². The molecule has 0 aliphatic carbocycles. The van der Waals surface area contributed by atoms with Gasteiger partial charge in [0.05, 0.1) is 12.8 Å². The number of amides is 1. The number of halogens is 1. The average molecular weight is 334 g/mol. The Morgan fingerprint density at radius 1 is 1.13 bits per heavy atom. The van der Waals surface area contributed by atoms with E-state index >= 15 is 0 Å². The summed E-state index contributed by atoms with van der Waals surface area (Å²) in [7, 11) is 1.54. The third-order valence-corrected chi connectivity index (χ3v) is 3.67. The Balaban J connectivity index is 2.11. The Labute approximate surface area is 141 Å². The second-order valence-corrected chi connectivity index (χ2v) is 5.80. The van der Waals surface area contributed by atoms with Crippen molar-refractivity contribution in [2.24, 2.45) is 0 Å². The minimum absolute atomic E-state index is 0.272. The van der Waals surface area contributed by atoms with E-state index in [2.05, 4.69) is 5.32 Å². The SMILES string of the molecule is COc1ccc(Cl)cc1NC(=O)[C@@H](C)Oc1cc(C)ccc1C. The zero-order valence-electron chi connectivity index (χ0n) is 13.6. The lowest BCUT2D eigenvalue weighted by Gasteiger charge is -2.17. The first kappa shape index (κ1) is 17.2. The van der Waals surface area contributed by atoms with Crippen molar-refractivity contribution in [3.05, 3.63) is 52.5 Å². The monoisotopic (exact) mass is 333 g/mol. The number of carbonyl (C=O) groups excluding carboxylic acids is 1. The summed E-state index contributed by atoms with van der Waals surface area (Å²) in [5, 5.41) is 3.30. The van der Waals surface area contributed by atoms with Crippen molar-refractivity contribution in [1.82, 2.24) is 0 Å². The summed E-state index contributed by atoms with van der Waals surface area (Å²) in [5.74, 6) is 0.971. The van der Waals surface area contributed by atoms with E-state index in [4.69, 9.17) is 21.1 Å². The number of ether oxygens (including phenoxy) is 2. The Morgan fingerprint density at radius 2 is 1.87 bits per heavy atom. The summed E-state index contributed by atoms with van der Waals surface area (Å²) in [4.78, 5) is 12.4. The highest BCUT2D eigenvalue weighted by Gasteiger charge is 2.17. The fourth-order valence-electron chi connectivity index (χ4n) is 2.09. The number of nitrogens with one attached hydrogen (secondary N) is 1. The molecule has 4 nitrogen and oxygen atoms in total. The van der Waals surface area contributed by atoms with Crippen LogP contribution in [0.15, 0.2) is 36.4 Å². The number of carbonyl (C=O) groups is 1. The van der Waals surface area contributed by atoms with Gasteiger partial charge in [0.25, 0.3) is 5.91 Å². The van der Waals surface area contributed by atoms with Crippen molar-refractivity contribution in [3.8, 4) is 11.5 Å². The van der Waals surface area contributed by atoms with Crippen LogP contribution in [0.2, 0.25) is 5.02 Å². The molecule has 0 aliphatic rings. The van der Waals surface area contributed by atoms with Gasteiger partial charge in [-0.3, -0.25) is 4.79 Å². The van der Waals surface area contributed by atoms with E-state index < -0.39 is 6.10 Å². The number of aryl methyl sites for hydroxylation is 2. The molecule has 2 aromatic rings. The van der Waals surface area contributed by atoms with Gasteiger partial charge in [-0.25, -0.2) is 0 Å². The van der Waals surface area contributed by atoms with Crippen LogP contribution < -0.4 is 14.8 Å². The van der Waals surface area contributed by atoms with Crippen LogP contribution in [0.5, 0.6) is 11.5 Å². The largest absolute Gasteiger partial charge is 0.495 e. The van der Waals surface area contributed by atoms with Crippen LogP contribution in [-0.4, -0.2) is 19.1 Å². The van der Waals surface area contributed by atoms with E-state index in [0.29, 0.717) is 22.2 Å². The van der Waals surface area contributed by atoms with Crippen molar-refractivity contribution < 1.29 is 14.3 Å². The molecule has 0 aliphatic heterocycles. The first-order chi connectivity index (χ1) is 10.9. The van der Waals surface area contributed by atoms with Crippen LogP contribution in [0.25, 0.3) is 0 Å². The fourth-order valence-corrected chi connectivity index (χ4v) is 2.26. The predicted molar refractivity (Wildman–Crippen MR) is 92.6 cm³/mol. The smallest absolute Gasteiger partial charge is 0.265 e. The van der Waals surface area contributed by atoms with E-state index in [0.717, 1.165) is 11.1 Å². The molecule has 0 heterocycles. The van der Waals surface area contributed by atoms with E-state index in [-0.39, 0.29) is 5.91 Å². The van der Waals surface area contributed by atoms with Gasteiger partial charge in [-0.2, -0.15) is 0 Å². The molecule has 1 atom stereocenters. The highest BCUT2D eigenvalue weighted by Crippen LogP contribution is 2.28. The number of rotatable bonds is 5. The molecule has 0 fully saturated rings. The van der Waals surface area contributed by atoms with E-state index in [1.807, 2.05) is 32.0 Å². The molecule has 1 amide bonds. The Morgan fingerprint density at radius 3 is 2.57 bits per heavy atom. The second-order valence-electron chi connectivity index (χ2n) is 5.36. The molecule has 1 N–H and O–H groups in total. The Hall–Kier alpha value is -2.20. The van der Waals surface area contributed by atoms with Gasteiger partial charge in [-0.1, -0.05) is 23.7 Å². The third-order valence-electron chi connectivity index (χ3n) is 3.44. The molecule has 0 saturated heterocycles. The standard InChI is InChI=1S/C18H20ClNO3/c1-11-5-6-12(2)17(9-11)23-13(3)18(21)20-15-10-14(19)7-8-16(15)22-4/h5-10,13H,1-4H3,(H,20,21)/t13-/m1/s1. The predicted octanol–water partition coefficient (Wildman–Crippen LogP) is 4.37. The highest BCUT2D eigenvalue weighted by molar-refractivity contribution is 6.31. The van der Waals surface area contributed by atoms with Gasteiger partial charge in [0.2, 0.25) is 0 Å². The van der Waals surface area contributed by atoms with Gasteiger partial charge in [-0.15, -0.1) is 0 Å². The van der Waals surface area contributed by atoms with Crippen molar-refractivity contribution in [2.75, 3.05) is 12.4 Å². The average Bonchev–Trinajstić information content (AvgIpc) is 2.51. The zero-order chi connectivity index (χ0) is 17.0. The van der Waals surface area contributed by atoms with Gasteiger partial charge in [0.1, 0.15) is 11.5 Å². The first-order valence-electron chi connectivity index (χ1n) is 7.29. The van der Waals surface area contributed by atoms with Gasteiger partial charge in [-0.05, 0) is 56.2 Å². The maximum absolute atomic E-state index is 12.4. The molecule has 5 heteroatoms. The van der Waals surface area contributed by atoms with Crippen LogP contribution in [-0.2, 0) is 4.79 Å². The molecule has 0 unspecified atom stereocenters. The topological polar surface area (TPSA) is 47.6 Å². The lowest BCUT2D eigenvalue weighted by atomic mass is 10.1. The van der Waals surface area contributed by atoms with Crippen LogP contribution in [0.1, 0.15) is 18.1 Å². The molecule has 0 saturated carbocycles. The fraction of sp³-hybridized carbons (Fsp3) is 0.278. The third kappa shape index (κ3) is 4.39. The first-order valence-corrected chi connectivity index (χ1v) is 7.67. The number of anilines is 1. The Bertz CT molecular complexity index is 715. The van der Waals surface area contributed by atoms with E-state index in [1.54, 1.807) is 25.1 Å². The lowest BCUT2D eigenvalue weighted by Crippen LogP contribution is -2.30. The summed E-state index contributed by atoms with van der Waals surface area (Å²) in [6, 6.07) is 10.9. The number of benzene rings is 2. The quantitative estimate of drug-likeness (QED) is 0.883. The lowest BCUT2D eigenvalue weighted by molar-refractivity contribution is -0.122. The number of methoxy groups -OCH3 is 1. The van der Waals surface area contributed by atoms with Crippen LogP contribution in [0, 0.1) is 13.8 Å². The zero-order valence-corrected chi connectivity index (χ0v) is 14.4. The van der Waals surface area contributed by atoms with Gasteiger partial charge in [0, 0.05) is 5.02 Å². The summed E-state index contributed by atoms with van der Waals surface area (Å²) < 4.78 is 11.0. The molecule has 0 radical (unpaired) electrons. The molecule has 122 valence electrons.